The first-order valence-corrected chi connectivity index (χ1v) is 11.7. The number of carbonyl (C=O) groups is 1. The monoisotopic (exact) mass is 487 g/mol. The zero-order valence-corrected chi connectivity index (χ0v) is 19.7. The highest BCUT2D eigenvalue weighted by molar-refractivity contribution is 5.97. The van der Waals surface area contributed by atoms with Crippen LogP contribution >= 0.6 is 0 Å². The largest absolute Gasteiger partial charge is 0.491 e. The first-order valence-electron chi connectivity index (χ1n) is 11.7. The number of primary amides is 1. The maximum Gasteiger partial charge on any atom is 0.248 e. The van der Waals surface area contributed by atoms with Crippen LogP contribution in [-0.4, -0.2) is 53.0 Å². The van der Waals surface area contributed by atoms with Gasteiger partial charge in [-0.1, -0.05) is 30.3 Å². The van der Waals surface area contributed by atoms with Crippen molar-refractivity contribution >= 4 is 16.8 Å². The topological polar surface area (TPSA) is 127 Å². The molecule has 0 saturated heterocycles. The Labute approximate surface area is 209 Å². The number of benzene rings is 3. The lowest BCUT2D eigenvalue weighted by molar-refractivity contribution is 0.0995. The fourth-order valence-corrected chi connectivity index (χ4v) is 3.74. The summed E-state index contributed by atoms with van der Waals surface area (Å²) in [5.41, 5.74) is 7.37. The summed E-state index contributed by atoms with van der Waals surface area (Å²) >= 11 is 0. The number of amides is 1. The van der Waals surface area contributed by atoms with Gasteiger partial charge in [-0.2, -0.15) is 0 Å². The second-order valence-corrected chi connectivity index (χ2v) is 8.42. The normalized spacial score (nSPS) is 12.7. The molecule has 4 aromatic rings. The minimum atomic E-state index is -0.704. The van der Waals surface area contributed by atoms with Crippen molar-refractivity contribution in [2.45, 2.75) is 18.6 Å². The van der Waals surface area contributed by atoms with Gasteiger partial charge in [0, 0.05) is 29.7 Å². The molecule has 8 heteroatoms. The van der Waals surface area contributed by atoms with Crippen LogP contribution in [0.5, 0.6) is 17.2 Å². The van der Waals surface area contributed by atoms with Crippen LogP contribution in [0, 0.1) is 0 Å². The van der Waals surface area contributed by atoms with Crippen molar-refractivity contribution in [1.29, 1.82) is 0 Å². The molecule has 4 rings (SSSR count). The third kappa shape index (κ3) is 6.79. The molecule has 0 bridgehead atoms. The lowest BCUT2D eigenvalue weighted by atomic mass is 10.1. The number of aliphatic hydroxyl groups is 2. The Kier molecular flexibility index (Phi) is 8.46. The molecule has 2 atom stereocenters. The van der Waals surface area contributed by atoms with E-state index in [0.29, 0.717) is 41.3 Å². The Balaban J connectivity index is 1.31. The fraction of sp³-hybridized carbons (Fsp3) is 0.214. The summed E-state index contributed by atoms with van der Waals surface area (Å²) < 4.78 is 11.6. The van der Waals surface area contributed by atoms with Crippen LogP contribution < -0.4 is 20.5 Å². The average Bonchev–Trinajstić information content (AvgIpc) is 2.91. The predicted molar refractivity (Wildman–Crippen MR) is 137 cm³/mol. The number of nitrogens with one attached hydrogen (secondary N) is 1. The minimum absolute atomic E-state index is 0.0686. The van der Waals surface area contributed by atoms with Crippen LogP contribution in [0.4, 0.5) is 0 Å². The molecule has 0 aliphatic heterocycles. The van der Waals surface area contributed by atoms with Gasteiger partial charge in [0.2, 0.25) is 5.91 Å². The van der Waals surface area contributed by atoms with E-state index in [-0.39, 0.29) is 19.3 Å². The van der Waals surface area contributed by atoms with Gasteiger partial charge in [-0.05, 0) is 60.5 Å². The quantitative estimate of drug-likeness (QED) is 0.242. The molecule has 8 nitrogen and oxygen atoms in total. The number of para-hydroxylation sites is 1. The van der Waals surface area contributed by atoms with E-state index in [1.165, 1.54) is 0 Å². The number of carbonyl (C=O) groups excluding carboxylic acids is 1. The van der Waals surface area contributed by atoms with Crippen molar-refractivity contribution in [3.63, 3.8) is 0 Å². The van der Waals surface area contributed by atoms with Crippen molar-refractivity contribution in [3.05, 3.63) is 96.2 Å². The van der Waals surface area contributed by atoms with Crippen LogP contribution in [-0.2, 0) is 6.42 Å². The van der Waals surface area contributed by atoms with Gasteiger partial charge in [0.1, 0.15) is 30.0 Å². The molecular formula is C28H29N3O5. The molecule has 0 saturated carbocycles. The number of rotatable bonds is 12. The van der Waals surface area contributed by atoms with Crippen molar-refractivity contribution in [2.24, 2.45) is 5.73 Å². The summed E-state index contributed by atoms with van der Waals surface area (Å²) in [6.07, 6.45) is 1.49. The van der Waals surface area contributed by atoms with Crippen LogP contribution in [0.25, 0.3) is 10.9 Å². The Morgan fingerprint density at radius 3 is 2.50 bits per heavy atom. The summed E-state index contributed by atoms with van der Waals surface area (Å²) in [5, 5.41) is 23.9. The van der Waals surface area contributed by atoms with E-state index in [9.17, 15) is 15.0 Å². The van der Waals surface area contributed by atoms with Crippen LogP contribution in [0.15, 0.2) is 85.1 Å². The van der Waals surface area contributed by atoms with Crippen LogP contribution in [0.3, 0.4) is 0 Å². The standard InChI is InChI=1S/C28H29N3O5/c29-28(34)20-8-11-25-26(15-20)30-13-12-27(25)36-24-9-6-19(7-10-24)14-21(17-32)31-16-22(33)18-35-23-4-2-1-3-5-23/h1-13,15,21-22,31-33H,14,16-18H2,(H2,29,34)/t21-,22?/m0/s1. The van der Waals surface area contributed by atoms with Crippen LogP contribution in [0.2, 0.25) is 0 Å². The summed E-state index contributed by atoms with van der Waals surface area (Å²) in [6, 6.07) is 23.5. The first kappa shape index (κ1) is 25.1. The van der Waals surface area contributed by atoms with Crippen molar-refractivity contribution in [3.8, 4) is 17.2 Å². The Morgan fingerprint density at radius 1 is 1.00 bits per heavy atom. The van der Waals surface area contributed by atoms with E-state index < -0.39 is 12.0 Å². The molecule has 0 aliphatic carbocycles. The smallest absolute Gasteiger partial charge is 0.248 e. The van der Waals surface area contributed by atoms with Gasteiger partial charge in [0.05, 0.1) is 12.1 Å². The number of aromatic nitrogens is 1. The van der Waals surface area contributed by atoms with Gasteiger partial charge in [-0.25, -0.2) is 0 Å². The molecule has 1 heterocycles. The van der Waals surface area contributed by atoms with E-state index in [2.05, 4.69) is 10.3 Å². The number of ether oxygens (including phenoxy) is 2. The summed E-state index contributed by atoms with van der Waals surface area (Å²) in [5.74, 6) is 1.46. The zero-order chi connectivity index (χ0) is 25.3. The van der Waals surface area contributed by atoms with Gasteiger partial charge in [0.25, 0.3) is 0 Å². The molecule has 3 aromatic carbocycles. The van der Waals surface area contributed by atoms with E-state index in [4.69, 9.17) is 15.2 Å². The third-order valence-electron chi connectivity index (χ3n) is 5.67. The third-order valence-corrected chi connectivity index (χ3v) is 5.67. The minimum Gasteiger partial charge on any atom is -0.491 e. The van der Waals surface area contributed by atoms with Crippen molar-refractivity contribution in [2.75, 3.05) is 19.8 Å². The van der Waals surface area contributed by atoms with Gasteiger partial charge in [0.15, 0.2) is 0 Å². The fourth-order valence-electron chi connectivity index (χ4n) is 3.74. The van der Waals surface area contributed by atoms with E-state index in [0.717, 1.165) is 10.9 Å². The Morgan fingerprint density at radius 2 is 1.78 bits per heavy atom. The molecule has 0 spiro atoms. The van der Waals surface area contributed by atoms with Crippen LogP contribution in [0.1, 0.15) is 15.9 Å². The SMILES string of the molecule is NC(=O)c1ccc2c(Oc3ccc(C[C@@H](CO)NCC(O)COc4ccccc4)cc3)ccnc2c1. The maximum atomic E-state index is 11.4. The summed E-state index contributed by atoms with van der Waals surface area (Å²) in [4.78, 5) is 15.7. The van der Waals surface area contributed by atoms with E-state index >= 15 is 0 Å². The predicted octanol–water partition coefficient (Wildman–Crippen LogP) is 3.06. The zero-order valence-electron chi connectivity index (χ0n) is 19.7. The highest BCUT2D eigenvalue weighted by Crippen LogP contribution is 2.29. The average molecular weight is 488 g/mol. The summed E-state index contributed by atoms with van der Waals surface area (Å²) in [6.45, 7) is 0.390. The molecule has 1 amide bonds. The first-order chi connectivity index (χ1) is 17.5. The van der Waals surface area contributed by atoms with Gasteiger partial charge in [-0.15, -0.1) is 0 Å². The molecule has 36 heavy (non-hydrogen) atoms. The number of fused-ring (bicyclic) bond motifs is 1. The van der Waals surface area contributed by atoms with Crippen molar-refractivity contribution < 1.29 is 24.5 Å². The molecule has 1 unspecified atom stereocenters. The second-order valence-electron chi connectivity index (χ2n) is 8.42. The van der Waals surface area contributed by atoms with Gasteiger partial charge < -0.3 is 30.7 Å². The number of pyridine rings is 1. The molecule has 0 radical (unpaired) electrons. The van der Waals surface area contributed by atoms with E-state index in [1.54, 1.807) is 30.5 Å². The number of hydrogen-bond acceptors (Lipinski definition) is 7. The lowest BCUT2D eigenvalue weighted by Gasteiger charge is -2.19. The summed E-state index contributed by atoms with van der Waals surface area (Å²) in [7, 11) is 0. The maximum absolute atomic E-state index is 11.4. The van der Waals surface area contributed by atoms with E-state index in [1.807, 2.05) is 54.6 Å². The molecule has 5 N–H and O–H groups in total. The Hall–Kier alpha value is -3.98. The lowest BCUT2D eigenvalue weighted by Crippen LogP contribution is -2.41. The van der Waals surface area contributed by atoms with Gasteiger partial charge >= 0.3 is 0 Å². The van der Waals surface area contributed by atoms with Crippen molar-refractivity contribution in [1.82, 2.24) is 10.3 Å². The Bertz CT molecular complexity index is 1280. The molecule has 0 fully saturated rings. The number of aliphatic hydroxyl groups excluding tert-OH is 2. The number of nitrogens with two attached hydrogens (primary N) is 1. The molecule has 1 aromatic heterocycles. The van der Waals surface area contributed by atoms with Gasteiger partial charge in [-0.3, -0.25) is 9.78 Å². The molecule has 0 aliphatic rings. The highest BCUT2D eigenvalue weighted by Gasteiger charge is 2.13. The highest BCUT2D eigenvalue weighted by atomic mass is 16.5. The number of nitrogens with zero attached hydrogens (tertiary/aromatic N) is 1. The number of hydrogen-bond donors (Lipinski definition) is 4. The molecular weight excluding hydrogens is 458 g/mol. The molecule has 186 valence electrons. The second kappa shape index (κ2) is 12.1.